The Kier molecular flexibility index (Phi) is 5.58. The van der Waals surface area contributed by atoms with Crippen molar-refractivity contribution in [1.29, 1.82) is 0 Å². The van der Waals surface area contributed by atoms with Crippen LogP contribution in [0.2, 0.25) is 0 Å². The molecule has 0 fully saturated rings. The zero-order valence-electron chi connectivity index (χ0n) is 13.0. The summed E-state index contributed by atoms with van der Waals surface area (Å²) in [6.07, 6.45) is 2.37. The van der Waals surface area contributed by atoms with E-state index in [1.165, 1.54) is 11.1 Å². The van der Waals surface area contributed by atoms with Gasteiger partial charge in [-0.3, -0.25) is 4.55 Å². The van der Waals surface area contributed by atoms with Crippen LogP contribution in [0.3, 0.4) is 0 Å². The first-order chi connectivity index (χ1) is 10.3. The lowest BCUT2D eigenvalue weighted by atomic mass is 9.84. The molecule has 0 radical (unpaired) electrons. The molecule has 1 aromatic rings. The van der Waals surface area contributed by atoms with Crippen LogP contribution in [0.1, 0.15) is 30.9 Å². The number of hydrogen-bond donors (Lipinski definition) is 1. The first kappa shape index (κ1) is 17.0. The highest BCUT2D eigenvalue weighted by Crippen LogP contribution is 2.25. The maximum absolute atomic E-state index is 11.2. The van der Waals surface area contributed by atoms with E-state index in [1.807, 2.05) is 13.0 Å². The highest BCUT2D eigenvalue weighted by Gasteiger charge is 2.28. The summed E-state index contributed by atoms with van der Waals surface area (Å²) in [5.74, 6) is -0.435. The van der Waals surface area contributed by atoms with E-state index in [0.717, 1.165) is 25.0 Å². The van der Waals surface area contributed by atoms with Crippen LogP contribution in [0.5, 0.6) is 0 Å². The Morgan fingerprint density at radius 2 is 2.18 bits per heavy atom. The average Bonchev–Trinajstić information content (AvgIpc) is 2.91. The lowest BCUT2D eigenvalue weighted by Crippen LogP contribution is -2.27. The van der Waals surface area contributed by atoms with E-state index in [0.29, 0.717) is 6.61 Å². The Balaban J connectivity index is 2.07. The minimum Gasteiger partial charge on any atom is -0.395 e. The van der Waals surface area contributed by atoms with E-state index < -0.39 is 10.1 Å². The number of aryl methyl sites for hydroxylation is 2. The van der Waals surface area contributed by atoms with E-state index in [2.05, 4.69) is 30.3 Å². The Morgan fingerprint density at radius 3 is 2.77 bits per heavy atom. The number of benzene rings is 1. The lowest BCUT2D eigenvalue weighted by Gasteiger charge is -2.22. The van der Waals surface area contributed by atoms with Gasteiger partial charge in [-0.1, -0.05) is 41.9 Å². The zero-order valence-corrected chi connectivity index (χ0v) is 13.8. The highest BCUT2D eigenvalue weighted by atomic mass is 32.2. The predicted octanol–water partition coefficient (Wildman–Crippen LogP) is 2.84. The molecule has 0 amide bonds. The largest absolute Gasteiger partial charge is 0.395 e. The molecule has 1 heterocycles. The molecule has 2 rings (SSSR count). The van der Waals surface area contributed by atoms with Gasteiger partial charge in [0.25, 0.3) is 10.1 Å². The summed E-state index contributed by atoms with van der Waals surface area (Å²) < 4.78 is 31.4. The van der Waals surface area contributed by atoms with Gasteiger partial charge >= 0.3 is 0 Å². The van der Waals surface area contributed by atoms with Crippen LogP contribution in [-0.4, -0.2) is 31.0 Å². The normalized spacial score (nSPS) is 17.7. The summed E-state index contributed by atoms with van der Waals surface area (Å²) in [5.41, 5.74) is 3.34. The molecule has 2 atom stereocenters. The monoisotopic (exact) mass is 325 g/mol. The third-order valence-electron chi connectivity index (χ3n) is 4.05. The number of nitrogens with zero attached hydrogens (tertiary/aromatic N) is 1. The Labute approximate surface area is 132 Å². The summed E-state index contributed by atoms with van der Waals surface area (Å²) in [6.45, 7) is 4.45. The van der Waals surface area contributed by atoms with Gasteiger partial charge in [0.1, 0.15) is 6.61 Å². The SMILES string of the molecule is Cc1cccc(CCC(C2=NOCC2)C(C)CS(=O)(=O)O)c1. The standard InChI is InChI=1S/C16H23NO4S/c1-12-4-3-5-14(10-12)6-7-15(16-8-9-21-17-16)13(2)11-22(18,19)20/h3-5,10,13,15H,6-9,11H2,1-2H3,(H,18,19,20). The molecule has 0 spiro atoms. The van der Waals surface area contributed by atoms with Crippen LogP contribution < -0.4 is 0 Å². The van der Waals surface area contributed by atoms with Gasteiger partial charge in [-0.2, -0.15) is 8.42 Å². The van der Waals surface area contributed by atoms with Crippen molar-refractivity contribution in [3.8, 4) is 0 Å². The fourth-order valence-corrected chi connectivity index (χ4v) is 3.89. The third kappa shape index (κ3) is 5.10. The molecule has 0 aliphatic carbocycles. The molecule has 0 bridgehead atoms. The predicted molar refractivity (Wildman–Crippen MR) is 86.6 cm³/mol. The van der Waals surface area contributed by atoms with Crippen molar-refractivity contribution in [2.45, 2.75) is 33.1 Å². The summed E-state index contributed by atoms with van der Waals surface area (Å²) in [6, 6.07) is 8.29. The van der Waals surface area contributed by atoms with Gasteiger partial charge in [-0.15, -0.1) is 0 Å². The van der Waals surface area contributed by atoms with E-state index in [9.17, 15) is 8.42 Å². The molecule has 6 heteroatoms. The van der Waals surface area contributed by atoms with Crippen LogP contribution in [0, 0.1) is 18.8 Å². The number of hydrogen-bond acceptors (Lipinski definition) is 4. The molecule has 0 saturated heterocycles. The maximum atomic E-state index is 11.2. The van der Waals surface area contributed by atoms with Crippen molar-refractivity contribution in [1.82, 2.24) is 0 Å². The Bertz CT molecular complexity index is 639. The van der Waals surface area contributed by atoms with Crippen molar-refractivity contribution in [3.63, 3.8) is 0 Å². The molecule has 1 aliphatic heterocycles. The molecule has 1 aliphatic rings. The number of oxime groups is 1. The minimum atomic E-state index is -3.98. The van der Waals surface area contributed by atoms with Gasteiger partial charge in [0.15, 0.2) is 0 Å². The van der Waals surface area contributed by atoms with Gasteiger partial charge < -0.3 is 4.84 Å². The quantitative estimate of drug-likeness (QED) is 0.782. The molecule has 1 N–H and O–H groups in total. The topological polar surface area (TPSA) is 76.0 Å². The van der Waals surface area contributed by atoms with Crippen LogP contribution in [0.4, 0.5) is 0 Å². The van der Waals surface area contributed by atoms with Crippen LogP contribution in [0.25, 0.3) is 0 Å². The van der Waals surface area contributed by atoms with Gasteiger partial charge in [0.2, 0.25) is 0 Å². The van der Waals surface area contributed by atoms with Crippen molar-refractivity contribution in [2.75, 3.05) is 12.4 Å². The molecule has 5 nitrogen and oxygen atoms in total. The first-order valence-corrected chi connectivity index (χ1v) is 9.15. The van der Waals surface area contributed by atoms with Crippen molar-refractivity contribution in [3.05, 3.63) is 35.4 Å². The van der Waals surface area contributed by atoms with E-state index >= 15 is 0 Å². The van der Waals surface area contributed by atoms with Gasteiger partial charge in [0.05, 0.1) is 11.5 Å². The minimum absolute atomic E-state index is 0.00457. The average molecular weight is 325 g/mol. The lowest BCUT2D eigenvalue weighted by molar-refractivity contribution is 0.173. The highest BCUT2D eigenvalue weighted by molar-refractivity contribution is 7.85. The van der Waals surface area contributed by atoms with Crippen molar-refractivity contribution < 1.29 is 17.8 Å². The Morgan fingerprint density at radius 1 is 1.41 bits per heavy atom. The van der Waals surface area contributed by atoms with Crippen molar-refractivity contribution in [2.24, 2.45) is 17.0 Å². The van der Waals surface area contributed by atoms with E-state index in [4.69, 9.17) is 9.39 Å². The van der Waals surface area contributed by atoms with Crippen LogP contribution in [0.15, 0.2) is 29.4 Å². The molecule has 22 heavy (non-hydrogen) atoms. The fourth-order valence-electron chi connectivity index (χ4n) is 3.00. The molecule has 0 saturated carbocycles. The van der Waals surface area contributed by atoms with E-state index in [1.54, 1.807) is 0 Å². The second-order valence-electron chi connectivity index (χ2n) is 6.03. The van der Waals surface area contributed by atoms with Crippen molar-refractivity contribution >= 4 is 15.8 Å². The molecule has 2 unspecified atom stereocenters. The fraction of sp³-hybridized carbons (Fsp3) is 0.562. The number of rotatable bonds is 7. The van der Waals surface area contributed by atoms with Crippen LogP contribution >= 0.6 is 0 Å². The Hall–Kier alpha value is -1.40. The molecular weight excluding hydrogens is 302 g/mol. The molecule has 122 valence electrons. The second-order valence-corrected chi connectivity index (χ2v) is 7.52. The van der Waals surface area contributed by atoms with Crippen LogP contribution in [-0.2, 0) is 21.4 Å². The zero-order chi connectivity index (χ0) is 16.2. The molecule has 1 aromatic carbocycles. The maximum Gasteiger partial charge on any atom is 0.265 e. The summed E-state index contributed by atoms with van der Waals surface area (Å²) >= 11 is 0. The van der Waals surface area contributed by atoms with Gasteiger partial charge in [0, 0.05) is 12.3 Å². The first-order valence-electron chi connectivity index (χ1n) is 7.54. The van der Waals surface area contributed by atoms with Gasteiger partial charge in [-0.05, 0) is 31.2 Å². The molecule has 0 aromatic heterocycles. The van der Waals surface area contributed by atoms with Gasteiger partial charge in [-0.25, -0.2) is 0 Å². The summed E-state index contributed by atoms with van der Waals surface area (Å²) in [5, 5.41) is 4.06. The smallest absolute Gasteiger partial charge is 0.265 e. The van der Waals surface area contributed by atoms with E-state index in [-0.39, 0.29) is 17.6 Å². The summed E-state index contributed by atoms with van der Waals surface area (Å²) in [7, 11) is -3.98. The second kappa shape index (κ2) is 7.24. The third-order valence-corrected chi connectivity index (χ3v) is 4.99. The summed E-state index contributed by atoms with van der Waals surface area (Å²) in [4.78, 5) is 5.07. The molecular formula is C16H23NO4S.